The quantitative estimate of drug-likeness (QED) is 0.624. The minimum absolute atomic E-state index is 0.137. The van der Waals surface area contributed by atoms with Crippen LogP contribution in [-0.4, -0.2) is 41.3 Å². The third-order valence-electron chi connectivity index (χ3n) is 6.44. The van der Waals surface area contributed by atoms with Crippen LogP contribution in [0.25, 0.3) is 0 Å². The number of hydrogen-bond donors (Lipinski definition) is 3. The van der Waals surface area contributed by atoms with E-state index in [4.69, 9.17) is 0 Å². The van der Waals surface area contributed by atoms with Crippen LogP contribution in [0.4, 0.5) is 14.5 Å². The van der Waals surface area contributed by atoms with Crippen LogP contribution in [0.3, 0.4) is 0 Å². The molecule has 3 N–H and O–H groups in total. The molecule has 1 aromatic carbocycles. The summed E-state index contributed by atoms with van der Waals surface area (Å²) in [7, 11) is 0. The first-order valence-electron chi connectivity index (χ1n) is 9.98. The summed E-state index contributed by atoms with van der Waals surface area (Å²) in [4.78, 5) is 14.9. The van der Waals surface area contributed by atoms with Gasteiger partial charge in [-0.2, -0.15) is 0 Å². The molecule has 0 aromatic heterocycles. The molecule has 4 heterocycles. The SMILES string of the molecule is Cc1cc(Br)cc(C)c1N1C=C2C(=O)NC(N3C4CCC3CC(F)(F)C4)NC2N1. The Morgan fingerprint density at radius 3 is 2.38 bits per heavy atom. The first-order chi connectivity index (χ1) is 13.7. The maximum atomic E-state index is 14.0. The second-order valence-corrected chi connectivity index (χ2v) is 9.46. The highest BCUT2D eigenvalue weighted by molar-refractivity contribution is 9.10. The molecule has 9 heteroatoms. The maximum Gasteiger partial charge on any atom is 0.254 e. The van der Waals surface area contributed by atoms with E-state index in [0.717, 1.165) is 34.1 Å². The van der Waals surface area contributed by atoms with E-state index >= 15 is 0 Å². The van der Waals surface area contributed by atoms with E-state index in [1.54, 1.807) is 0 Å². The van der Waals surface area contributed by atoms with Crippen molar-refractivity contribution < 1.29 is 13.6 Å². The molecule has 4 aliphatic rings. The van der Waals surface area contributed by atoms with E-state index in [-0.39, 0.29) is 37.0 Å². The second kappa shape index (κ2) is 6.73. The van der Waals surface area contributed by atoms with Crippen LogP contribution in [0.2, 0.25) is 0 Å². The fourth-order valence-electron chi connectivity index (χ4n) is 5.35. The number of nitrogens with zero attached hydrogens (tertiary/aromatic N) is 2. The van der Waals surface area contributed by atoms with E-state index < -0.39 is 12.2 Å². The third kappa shape index (κ3) is 3.28. The fourth-order valence-corrected chi connectivity index (χ4v) is 6.03. The van der Waals surface area contributed by atoms with E-state index in [0.29, 0.717) is 5.57 Å². The number of benzene rings is 1. The topological polar surface area (TPSA) is 59.6 Å². The van der Waals surface area contributed by atoms with Crippen LogP contribution in [0.1, 0.15) is 36.8 Å². The molecule has 0 radical (unpaired) electrons. The van der Waals surface area contributed by atoms with Gasteiger partial charge >= 0.3 is 0 Å². The Kier molecular flexibility index (Phi) is 4.51. The number of hydrazine groups is 1. The molecule has 0 aliphatic carbocycles. The minimum atomic E-state index is -2.61. The molecule has 3 saturated heterocycles. The van der Waals surface area contributed by atoms with Gasteiger partial charge in [0.2, 0.25) is 0 Å². The highest BCUT2D eigenvalue weighted by atomic mass is 79.9. The predicted octanol–water partition coefficient (Wildman–Crippen LogP) is 2.87. The van der Waals surface area contributed by atoms with Crippen molar-refractivity contribution in [2.24, 2.45) is 0 Å². The zero-order valence-electron chi connectivity index (χ0n) is 16.3. The fraction of sp³-hybridized carbons (Fsp3) is 0.550. The van der Waals surface area contributed by atoms with Crippen molar-refractivity contribution in [1.82, 2.24) is 21.0 Å². The van der Waals surface area contributed by atoms with Crippen molar-refractivity contribution in [3.8, 4) is 0 Å². The van der Waals surface area contributed by atoms with Crippen molar-refractivity contribution in [2.45, 2.75) is 70.0 Å². The van der Waals surface area contributed by atoms with E-state index in [2.05, 4.69) is 32.0 Å². The first-order valence-corrected chi connectivity index (χ1v) is 10.8. The van der Waals surface area contributed by atoms with Crippen molar-refractivity contribution in [3.05, 3.63) is 39.5 Å². The highest BCUT2D eigenvalue weighted by Gasteiger charge is 2.53. The lowest BCUT2D eigenvalue weighted by Crippen LogP contribution is -2.70. The predicted molar refractivity (Wildman–Crippen MR) is 109 cm³/mol. The molecule has 5 rings (SSSR count). The number of nitrogens with one attached hydrogen (secondary N) is 3. The van der Waals surface area contributed by atoms with Crippen molar-refractivity contribution >= 4 is 27.5 Å². The summed E-state index contributed by atoms with van der Waals surface area (Å²) < 4.78 is 28.9. The molecule has 3 fully saturated rings. The van der Waals surface area contributed by atoms with Crippen LogP contribution in [0, 0.1) is 13.8 Å². The number of rotatable bonds is 2. The number of fused-ring (bicyclic) bond motifs is 3. The van der Waals surface area contributed by atoms with Crippen LogP contribution in [0.5, 0.6) is 0 Å². The summed E-state index contributed by atoms with van der Waals surface area (Å²) in [6.45, 7) is 4.05. The van der Waals surface area contributed by atoms with Gasteiger partial charge in [-0.05, 0) is 49.9 Å². The Bertz CT molecular complexity index is 868. The van der Waals surface area contributed by atoms with Crippen LogP contribution in [0.15, 0.2) is 28.4 Å². The lowest BCUT2D eigenvalue weighted by atomic mass is 9.98. The number of anilines is 1. The molecule has 29 heavy (non-hydrogen) atoms. The third-order valence-corrected chi connectivity index (χ3v) is 6.90. The van der Waals surface area contributed by atoms with E-state index in [1.807, 2.05) is 42.1 Å². The van der Waals surface area contributed by atoms with Gasteiger partial charge in [-0.25, -0.2) is 14.2 Å². The van der Waals surface area contributed by atoms with Gasteiger partial charge in [-0.3, -0.25) is 20.0 Å². The van der Waals surface area contributed by atoms with Crippen LogP contribution in [-0.2, 0) is 4.79 Å². The number of carbonyl (C=O) groups is 1. The van der Waals surface area contributed by atoms with Gasteiger partial charge in [0.25, 0.3) is 11.8 Å². The molecule has 0 saturated carbocycles. The van der Waals surface area contributed by atoms with Gasteiger partial charge in [-0.15, -0.1) is 0 Å². The van der Waals surface area contributed by atoms with Gasteiger partial charge in [0.1, 0.15) is 12.5 Å². The summed E-state index contributed by atoms with van der Waals surface area (Å²) in [6.07, 6.45) is 2.22. The smallest absolute Gasteiger partial charge is 0.254 e. The standard InChI is InChI=1S/C20H24BrF2N5O/c1-10-5-12(21)6-11(2)16(10)27-9-15-17(26-27)24-19(25-18(15)29)28-13-3-4-14(28)8-20(22,23)7-13/h5-6,9,13-14,17,19,24,26H,3-4,7-8H2,1-2H3,(H,25,29). The Hall–Kier alpha value is -1.55. The number of aryl methyl sites for hydroxylation is 2. The van der Waals surface area contributed by atoms with Gasteiger partial charge in [0.05, 0.1) is 11.3 Å². The van der Waals surface area contributed by atoms with Gasteiger partial charge in [0.15, 0.2) is 0 Å². The monoisotopic (exact) mass is 467 g/mol. The molecule has 0 spiro atoms. The Morgan fingerprint density at radius 1 is 1.14 bits per heavy atom. The number of alkyl halides is 2. The molecule has 1 aromatic rings. The molecule has 156 valence electrons. The highest BCUT2D eigenvalue weighted by Crippen LogP contribution is 2.44. The molecule has 2 bridgehead atoms. The Morgan fingerprint density at radius 2 is 1.76 bits per heavy atom. The molecule has 1 amide bonds. The normalized spacial score (nSPS) is 33.5. The maximum absolute atomic E-state index is 14.0. The molecule has 4 unspecified atom stereocenters. The zero-order valence-corrected chi connectivity index (χ0v) is 17.9. The molecule has 6 nitrogen and oxygen atoms in total. The summed E-state index contributed by atoms with van der Waals surface area (Å²) in [5.41, 5.74) is 7.10. The Labute approximate surface area is 176 Å². The Balaban J connectivity index is 1.37. The number of piperidine rings is 1. The van der Waals surface area contributed by atoms with Crippen LogP contribution < -0.4 is 21.1 Å². The van der Waals surface area contributed by atoms with Crippen LogP contribution >= 0.6 is 15.9 Å². The number of halogens is 3. The summed E-state index contributed by atoms with van der Waals surface area (Å²) in [5.74, 6) is -2.77. The van der Waals surface area contributed by atoms with Crippen molar-refractivity contribution in [3.63, 3.8) is 0 Å². The zero-order chi connectivity index (χ0) is 20.5. The van der Waals surface area contributed by atoms with E-state index in [1.165, 1.54) is 0 Å². The van der Waals surface area contributed by atoms with Gasteiger partial charge in [-0.1, -0.05) is 15.9 Å². The van der Waals surface area contributed by atoms with Gasteiger partial charge < -0.3 is 5.32 Å². The number of carbonyl (C=O) groups excluding carboxylic acids is 1. The molecule has 4 aliphatic heterocycles. The first kappa shape index (κ1) is 19.4. The second-order valence-electron chi connectivity index (χ2n) is 8.54. The van der Waals surface area contributed by atoms with Crippen molar-refractivity contribution in [2.75, 3.05) is 5.01 Å². The molecule has 4 atom stereocenters. The lowest BCUT2D eigenvalue weighted by Gasteiger charge is -2.46. The molecular formula is C20H24BrF2N5O. The van der Waals surface area contributed by atoms with Crippen molar-refractivity contribution in [1.29, 1.82) is 0 Å². The van der Waals surface area contributed by atoms with E-state index in [9.17, 15) is 13.6 Å². The average molecular weight is 468 g/mol. The lowest BCUT2D eigenvalue weighted by molar-refractivity contribution is -0.128. The average Bonchev–Trinajstić information content (AvgIpc) is 3.13. The summed E-state index contributed by atoms with van der Waals surface area (Å²) in [6, 6.07) is 3.65. The summed E-state index contributed by atoms with van der Waals surface area (Å²) in [5, 5.41) is 8.28. The number of amides is 1. The largest absolute Gasteiger partial charge is 0.324 e. The summed E-state index contributed by atoms with van der Waals surface area (Å²) >= 11 is 3.51. The van der Waals surface area contributed by atoms with Gasteiger partial charge in [0, 0.05) is 35.6 Å². The molecular weight excluding hydrogens is 444 g/mol. The number of hydrogen-bond acceptors (Lipinski definition) is 5. The minimum Gasteiger partial charge on any atom is -0.324 e.